The second kappa shape index (κ2) is 3.01. The van der Waals surface area contributed by atoms with Gasteiger partial charge < -0.3 is 9.74 Å². The Bertz CT molecular complexity index is 297. The molecule has 2 aliphatic rings. The number of hydrogen-bond acceptors (Lipinski definition) is 5. The number of hydrogen-bond donors (Lipinski definition) is 0. The molecular formula is C7H10N2O4S. The molecule has 2 heterocycles. The second-order valence-electron chi connectivity index (χ2n) is 3.76. The summed E-state index contributed by atoms with van der Waals surface area (Å²) < 4.78 is 0. The molecule has 2 atom stereocenters. The normalized spacial score (nSPS) is 35.9. The smallest absolute Gasteiger partial charge is 0.295 e. The molecule has 0 bridgehead atoms. The average Bonchev–Trinajstić information content (AvgIpc) is 2.06. The fourth-order valence-corrected chi connectivity index (χ4v) is 3.00. The Morgan fingerprint density at radius 3 is 3.07 bits per heavy atom. The van der Waals surface area contributed by atoms with Crippen molar-refractivity contribution in [2.75, 3.05) is 12.3 Å². The van der Waals surface area contributed by atoms with Crippen molar-refractivity contribution < 1.29 is 14.7 Å². The van der Waals surface area contributed by atoms with Crippen molar-refractivity contribution >= 4 is 17.7 Å². The largest absolute Gasteiger partial charge is 0.328 e. The molecule has 2 rings (SSSR count). The highest BCUT2D eigenvalue weighted by Crippen LogP contribution is 2.38. The fourth-order valence-electron chi connectivity index (χ4n) is 1.68. The molecule has 0 aromatic rings. The first-order chi connectivity index (χ1) is 6.50. The van der Waals surface area contributed by atoms with Crippen molar-refractivity contribution in [3.63, 3.8) is 0 Å². The van der Waals surface area contributed by atoms with Crippen LogP contribution in [0.25, 0.3) is 0 Å². The van der Waals surface area contributed by atoms with Crippen LogP contribution in [-0.4, -0.2) is 39.2 Å². The minimum Gasteiger partial charge on any atom is -0.328 e. The van der Waals surface area contributed by atoms with Gasteiger partial charge in [-0.15, -0.1) is 21.9 Å². The maximum Gasteiger partial charge on any atom is 0.295 e. The van der Waals surface area contributed by atoms with Gasteiger partial charge in [-0.25, -0.2) is 0 Å². The molecule has 1 amide bonds. The predicted molar refractivity (Wildman–Crippen MR) is 49.1 cm³/mol. The molecule has 2 aliphatic heterocycles. The molecule has 0 aliphatic carbocycles. The van der Waals surface area contributed by atoms with E-state index in [2.05, 4.69) is 4.84 Å². The molecule has 2 saturated heterocycles. The quantitative estimate of drug-likeness (QED) is 0.377. The summed E-state index contributed by atoms with van der Waals surface area (Å²) in [4.78, 5) is 27.6. The predicted octanol–water partition coefficient (Wildman–Crippen LogP) is 0.259. The van der Waals surface area contributed by atoms with Crippen molar-refractivity contribution in [3.05, 3.63) is 10.1 Å². The highest BCUT2D eigenvalue weighted by molar-refractivity contribution is 8.00. The summed E-state index contributed by atoms with van der Waals surface area (Å²) in [5, 5.41) is 9.66. The number of fused-ring (bicyclic) bond motifs is 1. The van der Waals surface area contributed by atoms with Gasteiger partial charge in [-0.05, 0) is 6.92 Å². The molecule has 6 nitrogen and oxygen atoms in total. The van der Waals surface area contributed by atoms with Crippen LogP contribution in [0.4, 0.5) is 0 Å². The molecule has 0 unspecified atom stereocenters. The third kappa shape index (κ3) is 1.52. The zero-order valence-electron chi connectivity index (χ0n) is 7.63. The zero-order valence-corrected chi connectivity index (χ0v) is 8.45. The number of rotatable bonds is 2. The van der Waals surface area contributed by atoms with Gasteiger partial charge in [0, 0.05) is 5.75 Å². The van der Waals surface area contributed by atoms with Gasteiger partial charge in [-0.1, -0.05) is 0 Å². The molecule has 0 saturated carbocycles. The lowest BCUT2D eigenvalue weighted by atomic mass is 10.0. The fraction of sp³-hybridized carbons (Fsp3) is 0.857. The Hall–Kier alpha value is -0.980. The first-order valence-corrected chi connectivity index (χ1v) is 5.30. The van der Waals surface area contributed by atoms with Gasteiger partial charge in [0.05, 0.1) is 18.3 Å². The standard InChI is InChI=1S/C7H10N2O4S/c1-7(13-9(11)12)3-8-5(10)2-6(8)14-4-7/h6H,2-4H2,1H3/t6-,7-/m0/s1. The maximum atomic E-state index is 11.1. The molecule has 14 heavy (non-hydrogen) atoms. The lowest BCUT2D eigenvalue weighted by Crippen LogP contribution is -2.62. The Balaban J connectivity index is 2.01. The van der Waals surface area contributed by atoms with Gasteiger partial charge in [0.1, 0.15) is 5.60 Å². The van der Waals surface area contributed by atoms with Gasteiger partial charge in [0.15, 0.2) is 0 Å². The first kappa shape index (κ1) is 9.57. The second-order valence-corrected chi connectivity index (χ2v) is 4.92. The topological polar surface area (TPSA) is 72.7 Å². The van der Waals surface area contributed by atoms with E-state index < -0.39 is 10.7 Å². The van der Waals surface area contributed by atoms with Crippen LogP contribution >= 0.6 is 11.8 Å². The molecule has 0 aromatic carbocycles. The average molecular weight is 218 g/mol. The number of nitrogens with zero attached hydrogens (tertiary/aromatic N) is 2. The van der Waals surface area contributed by atoms with Gasteiger partial charge in [0.25, 0.3) is 5.09 Å². The number of thioether (sulfide) groups is 1. The van der Waals surface area contributed by atoms with E-state index in [9.17, 15) is 14.9 Å². The van der Waals surface area contributed by atoms with Crippen molar-refractivity contribution in [3.8, 4) is 0 Å². The summed E-state index contributed by atoms with van der Waals surface area (Å²) in [6, 6.07) is 0. The molecule has 78 valence electrons. The van der Waals surface area contributed by atoms with Gasteiger partial charge in [-0.2, -0.15) is 0 Å². The Morgan fingerprint density at radius 2 is 2.50 bits per heavy atom. The molecular weight excluding hydrogens is 208 g/mol. The van der Waals surface area contributed by atoms with E-state index in [4.69, 9.17) is 0 Å². The highest BCUT2D eigenvalue weighted by Gasteiger charge is 2.47. The van der Waals surface area contributed by atoms with Crippen LogP contribution in [0.1, 0.15) is 13.3 Å². The summed E-state index contributed by atoms with van der Waals surface area (Å²) in [7, 11) is 0. The van der Waals surface area contributed by atoms with Gasteiger partial charge in [0.2, 0.25) is 5.91 Å². The zero-order chi connectivity index (χ0) is 10.3. The van der Waals surface area contributed by atoms with Crippen LogP contribution in [-0.2, 0) is 9.63 Å². The van der Waals surface area contributed by atoms with E-state index in [1.165, 1.54) is 0 Å². The molecule has 0 aromatic heterocycles. The minimum absolute atomic E-state index is 0.0559. The summed E-state index contributed by atoms with van der Waals surface area (Å²) >= 11 is 1.54. The number of carbonyl (C=O) groups is 1. The summed E-state index contributed by atoms with van der Waals surface area (Å²) in [5.74, 6) is 0.614. The Morgan fingerprint density at radius 1 is 1.79 bits per heavy atom. The van der Waals surface area contributed by atoms with E-state index >= 15 is 0 Å². The Kier molecular flexibility index (Phi) is 2.06. The first-order valence-electron chi connectivity index (χ1n) is 4.25. The van der Waals surface area contributed by atoms with Crippen LogP contribution in [0.15, 0.2) is 0 Å². The number of carbonyl (C=O) groups excluding carboxylic acids is 1. The van der Waals surface area contributed by atoms with Crippen molar-refractivity contribution in [2.24, 2.45) is 0 Å². The summed E-state index contributed by atoms with van der Waals surface area (Å²) in [5.41, 5.74) is -0.846. The summed E-state index contributed by atoms with van der Waals surface area (Å²) in [6.07, 6.45) is 0.555. The van der Waals surface area contributed by atoms with Crippen LogP contribution in [0, 0.1) is 10.1 Å². The van der Waals surface area contributed by atoms with Crippen LogP contribution in [0.3, 0.4) is 0 Å². The molecule has 0 N–H and O–H groups in total. The molecule has 2 fully saturated rings. The molecule has 0 spiro atoms. The highest BCUT2D eigenvalue weighted by atomic mass is 32.2. The SMILES string of the molecule is C[C@@]1(O[N+](=O)[O-])CS[C@H]2CC(=O)N2C1. The third-order valence-corrected chi connectivity index (χ3v) is 3.98. The van der Waals surface area contributed by atoms with Crippen LogP contribution < -0.4 is 0 Å². The number of amides is 1. The van der Waals surface area contributed by atoms with Gasteiger partial charge >= 0.3 is 0 Å². The summed E-state index contributed by atoms with van der Waals surface area (Å²) in [6.45, 7) is 1.98. The van der Waals surface area contributed by atoms with Crippen LogP contribution in [0.5, 0.6) is 0 Å². The lowest BCUT2D eigenvalue weighted by Gasteiger charge is -2.49. The van der Waals surface area contributed by atoms with E-state index in [1.54, 1.807) is 23.6 Å². The number of β-lactam (4-membered cyclic amide) rings is 1. The molecule has 0 radical (unpaired) electrons. The van der Waals surface area contributed by atoms with Gasteiger partial charge in [-0.3, -0.25) is 4.79 Å². The third-order valence-electron chi connectivity index (χ3n) is 2.40. The van der Waals surface area contributed by atoms with E-state index in [-0.39, 0.29) is 11.3 Å². The van der Waals surface area contributed by atoms with E-state index in [1.807, 2.05) is 0 Å². The van der Waals surface area contributed by atoms with Crippen molar-refractivity contribution in [1.29, 1.82) is 0 Å². The van der Waals surface area contributed by atoms with Crippen molar-refractivity contribution in [2.45, 2.75) is 24.3 Å². The minimum atomic E-state index is -0.846. The maximum absolute atomic E-state index is 11.1. The van der Waals surface area contributed by atoms with Crippen LogP contribution in [0.2, 0.25) is 0 Å². The van der Waals surface area contributed by atoms with E-state index in [0.717, 1.165) is 0 Å². The Labute approximate surface area is 84.7 Å². The lowest BCUT2D eigenvalue weighted by molar-refractivity contribution is -0.778. The van der Waals surface area contributed by atoms with E-state index in [0.29, 0.717) is 18.7 Å². The monoisotopic (exact) mass is 218 g/mol. The molecule has 7 heteroatoms. The van der Waals surface area contributed by atoms with Crippen molar-refractivity contribution in [1.82, 2.24) is 4.90 Å².